The molecule has 0 aromatic heterocycles. The fourth-order valence-corrected chi connectivity index (χ4v) is 2.91. The largest absolute Gasteiger partial charge is 2.00 e. The van der Waals surface area contributed by atoms with Crippen molar-refractivity contribution >= 4 is 37.7 Å². The molecule has 0 saturated carbocycles. The zero-order valence-corrected chi connectivity index (χ0v) is 19.4. The molecule has 0 fully saturated rings. The summed E-state index contributed by atoms with van der Waals surface area (Å²) in [4.78, 5) is 0. The zero-order valence-electron chi connectivity index (χ0n) is 17.2. The molecular weight excluding hydrogens is 360 g/mol. The van der Waals surface area contributed by atoms with Crippen LogP contribution in [0.4, 0.5) is 0 Å². The second kappa shape index (κ2) is 17.4. The van der Waals surface area contributed by atoms with E-state index < -0.39 is 0 Å². The summed E-state index contributed by atoms with van der Waals surface area (Å²) in [6.45, 7) is 4.39. The molecular formula is C24H34CaO2. The number of benzene rings is 2. The van der Waals surface area contributed by atoms with Crippen LogP contribution in [0.3, 0.4) is 0 Å². The minimum Gasteiger partial charge on any atom is -0.872 e. The van der Waals surface area contributed by atoms with Crippen LogP contribution in [0.25, 0.3) is 0 Å². The van der Waals surface area contributed by atoms with Gasteiger partial charge in [0.05, 0.1) is 0 Å². The van der Waals surface area contributed by atoms with Crippen LogP contribution < -0.4 is 10.2 Å². The molecule has 27 heavy (non-hydrogen) atoms. The minimum absolute atomic E-state index is 0. The van der Waals surface area contributed by atoms with E-state index >= 15 is 0 Å². The molecule has 2 nitrogen and oxygen atoms in total. The summed E-state index contributed by atoms with van der Waals surface area (Å²) in [6, 6.07) is 14.7. The molecule has 144 valence electrons. The van der Waals surface area contributed by atoms with Crippen LogP contribution in [-0.2, 0) is 12.8 Å². The third kappa shape index (κ3) is 12.4. The van der Waals surface area contributed by atoms with Crippen molar-refractivity contribution in [3.8, 4) is 11.5 Å². The van der Waals surface area contributed by atoms with E-state index in [0.29, 0.717) is 0 Å². The van der Waals surface area contributed by atoms with Gasteiger partial charge in [-0.25, -0.2) is 0 Å². The normalized spacial score (nSPS) is 9.85. The van der Waals surface area contributed by atoms with Gasteiger partial charge in [-0.2, -0.15) is 0 Å². The molecule has 0 atom stereocenters. The maximum atomic E-state index is 11.3. The van der Waals surface area contributed by atoms with Gasteiger partial charge >= 0.3 is 37.7 Å². The Kier molecular flexibility index (Phi) is 17.0. The van der Waals surface area contributed by atoms with Gasteiger partial charge in [-0.1, -0.05) is 112 Å². The minimum atomic E-state index is 0. The van der Waals surface area contributed by atoms with Crippen molar-refractivity contribution in [2.24, 2.45) is 0 Å². The molecule has 0 heterocycles. The van der Waals surface area contributed by atoms with Gasteiger partial charge in [-0.05, 0) is 25.7 Å². The second-order valence-electron chi connectivity index (χ2n) is 6.84. The van der Waals surface area contributed by atoms with Gasteiger partial charge in [0.2, 0.25) is 0 Å². The molecule has 2 aromatic carbocycles. The van der Waals surface area contributed by atoms with Crippen LogP contribution in [0.15, 0.2) is 48.5 Å². The van der Waals surface area contributed by atoms with Crippen molar-refractivity contribution in [2.45, 2.75) is 78.1 Å². The van der Waals surface area contributed by atoms with E-state index in [1.807, 2.05) is 24.3 Å². The number of unbranched alkanes of at least 4 members (excludes halogenated alkanes) is 6. The molecule has 0 unspecified atom stereocenters. The average Bonchev–Trinajstić information content (AvgIpc) is 2.66. The van der Waals surface area contributed by atoms with Gasteiger partial charge in [-0.15, -0.1) is 11.5 Å². The zero-order chi connectivity index (χ0) is 19.0. The Morgan fingerprint density at radius 2 is 0.926 bits per heavy atom. The van der Waals surface area contributed by atoms with Crippen LogP contribution in [0, 0.1) is 0 Å². The molecule has 2 aromatic rings. The molecule has 0 aliphatic heterocycles. The Morgan fingerprint density at radius 1 is 0.556 bits per heavy atom. The number of aryl methyl sites for hydroxylation is 2. The van der Waals surface area contributed by atoms with Crippen LogP contribution in [0.2, 0.25) is 0 Å². The van der Waals surface area contributed by atoms with Crippen molar-refractivity contribution in [3.05, 3.63) is 59.7 Å². The van der Waals surface area contributed by atoms with Gasteiger partial charge in [-0.3, -0.25) is 0 Å². The monoisotopic (exact) mass is 394 g/mol. The maximum Gasteiger partial charge on any atom is 2.00 e. The van der Waals surface area contributed by atoms with E-state index in [2.05, 4.69) is 13.8 Å². The van der Waals surface area contributed by atoms with E-state index in [4.69, 9.17) is 0 Å². The first-order chi connectivity index (χ1) is 12.7. The third-order valence-corrected chi connectivity index (χ3v) is 4.54. The standard InChI is InChI=1S/2C12H18O.Ca/c2*1-2-3-4-5-8-11-9-6-7-10-12(11)13;/h2*6-7,9-10,13H,2-5,8H2,1H3;/q;;+2/p-2. The molecule has 0 aliphatic rings. The van der Waals surface area contributed by atoms with E-state index in [1.54, 1.807) is 24.3 Å². The summed E-state index contributed by atoms with van der Waals surface area (Å²) in [7, 11) is 0. The first-order valence-corrected chi connectivity index (χ1v) is 10.2. The first-order valence-electron chi connectivity index (χ1n) is 10.2. The summed E-state index contributed by atoms with van der Waals surface area (Å²) in [5, 5.41) is 22.6. The average molecular weight is 395 g/mol. The predicted molar refractivity (Wildman–Crippen MR) is 113 cm³/mol. The summed E-state index contributed by atoms with van der Waals surface area (Å²) in [5.41, 5.74) is 1.94. The van der Waals surface area contributed by atoms with Crippen LogP contribution in [0.1, 0.15) is 76.3 Å². The Balaban J connectivity index is 0.000000483. The Labute approximate surface area is 196 Å². The van der Waals surface area contributed by atoms with Gasteiger partial charge in [0.15, 0.2) is 0 Å². The molecule has 3 heteroatoms. The van der Waals surface area contributed by atoms with Crippen LogP contribution in [-0.4, -0.2) is 37.7 Å². The number of hydrogen-bond donors (Lipinski definition) is 0. The fraction of sp³-hybridized carbons (Fsp3) is 0.500. The van der Waals surface area contributed by atoms with Gasteiger partial charge in [0.25, 0.3) is 0 Å². The molecule has 0 amide bonds. The van der Waals surface area contributed by atoms with Gasteiger partial charge < -0.3 is 10.2 Å². The number of rotatable bonds is 10. The maximum absolute atomic E-state index is 11.3. The first kappa shape index (κ1) is 26.3. The number of hydrogen-bond acceptors (Lipinski definition) is 2. The number of para-hydroxylation sites is 2. The van der Waals surface area contributed by atoms with Gasteiger partial charge in [0, 0.05) is 0 Å². The van der Waals surface area contributed by atoms with E-state index in [-0.39, 0.29) is 49.2 Å². The third-order valence-electron chi connectivity index (χ3n) is 4.54. The molecule has 0 N–H and O–H groups in total. The quantitative estimate of drug-likeness (QED) is 0.401. The van der Waals surface area contributed by atoms with Gasteiger partial charge in [0.1, 0.15) is 0 Å². The Hall–Kier alpha value is -0.700. The molecule has 0 spiro atoms. The molecule has 0 aliphatic carbocycles. The van der Waals surface area contributed by atoms with E-state index in [1.165, 1.54) is 38.5 Å². The molecule has 0 bridgehead atoms. The summed E-state index contributed by atoms with van der Waals surface area (Å²) < 4.78 is 0. The second-order valence-corrected chi connectivity index (χ2v) is 6.84. The molecule has 0 saturated heterocycles. The van der Waals surface area contributed by atoms with E-state index in [0.717, 1.165) is 36.8 Å². The summed E-state index contributed by atoms with van der Waals surface area (Å²) in [5.74, 6) is 0.387. The van der Waals surface area contributed by atoms with Crippen molar-refractivity contribution in [1.82, 2.24) is 0 Å². The SMILES string of the molecule is CCCCCCc1ccccc1[O-].CCCCCCc1ccccc1[O-].[Ca+2]. The Bertz CT molecular complexity index is 545. The van der Waals surface area contributed by atoms with Crippen LogP contribution >= 0.6 is 0 Å². The molecule has 0 radical (unpaired) electrons. The van der Waals surface area contributed by atoms with E-state index in [9.17, 15) is 10.2 Å². The van der Waals surface area contributed by atoms with Crippen molar-refractivity contribution in [1.29, 1.82) is 0 Å². The van der Waals surface area contributed by atoms with Crippen LogP contribution in [0.5, 0.6) is 11.5 Å². The predicted octanol–water partition coefficient (Wildman–Crippen LogP) is 5.39. The van der Waals surface area contributed by atoms with Crippen molar-refractivity contribution < 1.29 is 10.2 Å². The summed E-state index contributed by atoms with van der Waals surface area (Å²) in [6.07, 6.45) is 11.7. The Morgan fingerprint density at radius 3 is 1.26 bits per heavy atom. The summed E-state index contributed by atoms with van der Waals surface area (Å²) >= 11 is 0. The van der Waals surface area contributed by atoms with Crippen molar-refractivity contribution in [2.75, 3.05) is 0 Å². The smallest absolute Gasteiger partial charge is 0.872 e. The molecule has 2 rings (SSSR count). The fourth-order valence-electron chi connectivity index (χ4n) is 2.91. The van der Waals surface area contributed by atoms with Crippen molar-refractivity contribution in [3.63, 3.8) is 0 Å². The topological polar surface area (TPSA) is 46.1 Å².